The lowest BCUT2D eigenvalue weighted by atomic mass is 10.2. The fraction of sp³-hybridized carbons (Fsp3) is 0.318. The molecule has 0 amide bonds. The highest BCUT2D eigenvalue weighted by Crippen LogP contribution is 2.15. The van der Waals surface area contributed by atoms with E-state index in [0.29, 0.717) is 0 Å². The lowest BCUT2D eigenvalue weighted by Gasteiger charge is -2.01. The summed E-state index contributed by atoms with van der Waals surface area (Å²) in [5, 5.41) is 13.6. The Morgan fingerprint density at radius 1 is 0.828 bits per heavy atom. The van der Waals surface area contributed by atoms with Crippen LogP contribution in [-0.4, -0.2) is 50.5 Å². The number of benzene rings is 2. The molecule has 4 rings (SSSR count). The minimum atomic E-state index is 0. The standard InChI is InChI=1S/C11H13N3.C10H12N4.CH4/c1-8-4-5-11-10(6-8)7-13-14(11)9(2)12-3;1-7-4-5-10-9(6-7)12-13-14(10)8(2)11-3;/h4-7H,1-3H3;4-6H,1-3H3;1H4. The Balaban J connectivity index is 0.000000200. The molecule has 0 atom stereocenters. The second-order valence-corrected chi connectivity index (χ2v) is 6.65. The number of hydrogen-bond donors (Lipinski definition) is 0. The second kappa shape index (κ2) is 9.23. The van der Waals surface area contributed by atoms with E-state index >= 15 is 0 Å². The smallest absolute Gasteiger partial charge is 0.123 e. The summed E-state index contributed by atoms with van der Waals surface area (Å²) in [5.74, 6) is 1.75. The molecule has 0 radical (unpaired) electrons. The second-order valence-electron chi connectivity index (χ2n) is 6.65. The molecule has 0 saturated carbocycles. The molecule has 0 saturated heterocycles. The minimum Gasteiger partial charge on any atom is -0.274 e. The van der Waals surface area contributed by atoms with Gasteiger partial charge in [-0.15, -0.1) is 5.10 Å². The molecule has 2 heterocycles. The highest BCUT2D eigenvalue weighted by molar-refractivity contribution is 5.92. The van der Waals surface area contributed by atoms with Crippen LogP contribution < -0.4 is 0 Å². The van der Waals surface area contributed by atoms with Gasteiger partial charge in [-0.05, 0) is 57.5 Å². The summed E-state index contributed by atoms with van der Waals surface area (Å²) >= 11 is 0. The predicted octanol–water partition coefficient (Wildman–Crippen LogP) is 4.51. The maximum Gasteiger partial charge on any atom is 0.123 e. The minimum absolute atomic E-state index is 0. The van der Waals surface area contributed by atoms with Crippen LogP contribution in [-0.2, 0) is 0 Å². The summed E-state index contributed by atoms with van der Waals surface area (Å²) in [5.41, 5.74) is 5.46. The van der Waals surface area contributed by atoms with Crippen molar-refractivity contribution in [2.75, 3.05) is 14.1 Å². The van der Waals surface area contributed by atoms with Gasteiger partial charge in [-0.2, -0.15) is 9.78 Å². The molecule has 0 N–H and O–H groups in total. The van der Waals surface area contributed by atoms with E-state index in [1.54, 1.807) is 18.8 Å². The van der Waals surface area contributed by atoms with Crippen molar-refractivity contribution >= 4 is 33.6 Å². The Morgan fingerprint density at radius 3 is 2.07 bits per heavy atom. The molecule has 0 aliphatic carbocycles. The van der Waals surface area contributed by atoms with Gasteiger partial charge in [-0.1, -0.05) is 30.3 Å². The number of hydrogen-bond acceptors (Lipinski definition) is 5. The van der Waals surface area contributed by atoms with E-state index < -0.39 is 0 Å². The quantitative estimate of drug-likeness (QED) is 0.327. The van der Waals surface area contributed by atoms with Crippen LogP contribution >= 0.6 is 0 Å². The summed E-state index contributed by atoms with van der Waals surface area (Å²) in [7, 11) is 3.52. The molecule has 0 aliphatic rings. The number of aryl methyl sites for hydroxylation is 2. The Bertz CT molecular complexity index is 1080. The monoisotopic (exact) mass is 391 g/mol. The maximum absolute atomic E-state index is 4.29. The normalized spacial score (nSPS) is 11.9. The SMILES string of the molecule is C.CN=C(C)n1ncc2cc(C)ccc21.CN=C(C)n1nnc2cc(C)ccc21. The van der Waals surface area contributed by atoms with E-state index in [1.165, 1.54) is 11.1 Å². The van der Waals surface area contributed by atoms with Crippen LogP contribution in [0.15, 0.2) is 52.6 Å². The Morgan fingerprint density at radius 2 is 1.41 bits per heavy atom. The summed E-state index contributed by atoms with van der Waals surface area (Å²) in [6.07, 6.45) is 1.87. The van der Waals surface area contributed by atoms with Crippen LogP contribution in [0.1, 0.15) is 32.4 Å². The molecule has 0 bridgehead atoms. The fourth-order valence-corrected chi connectivity index (χ4v) is 2.87. The van der Waals surface area contributed by atoms with Gasteiger partial charge < -0.3 is 0 Å². The summed E-state index contributed by atoms with van der Waals surface area (Å²) in [4.78, 5) is 8.20. The van der Waals surface area contributed by atoms with Crippen molar-refractivity contribution in [1.29, 1.82) is 0 Å². The molecule has 0 unspecified atom stereocenters. The van der Waals surface area contributed by atoms with Crippen molar-refractivity contribution in [3.8, 4) is 0 Å². The molecule has 152 valence electrons. The first kappa shape index (κ1) is 21.9. The van der Waals surface area contributed by atoms with E-state index in [0.717, 1.165) is 33.6 Å². The summed E-state index contributed by atoms with van der Waals surface area (Å²) < 4.78 is 3.60. The van der Waals surface area contributed by atoms with E-state index in [9.17, 15) is 0 Å². The molecule has 7 heteroatoms. The van der Waals surface area contributed by atoms with Crippen LogP contribution in [0.25, 0.3) is 21.9 Å². The zero-order chi connectivity index (χ0) is 20.3. The lowest BCUT2D eigenvalue weighted by molar-refractivity contribution is 0.855. The van der Waals surface area contributed by atoms with Crippen molar-refractivity contribution in [2.24, 2.45) is 9.98 Å². The number of nitrogens with zero attached hydrogens (tertiary/aromatic N) is 7. The van der Waals surface area contributed by atoms with Gasteiger partial charge in [-0.3, -0.25) is 9.98 Å². The van der Waals surface area contributed by atoms with Gasteiger partial charge in [0.2, 0.25) is 0 Å². The van der Waals surface area contributed by atoms with Gasteiger partial charge >= 0.3 is 0 Å². The molecular weight excluding hydrogens is 362 g/mol. The Hall–Kier alpha value is -3.35. The van der Waals surface area contributed by atoms with Crippen molar-refractivity contribution in [3.63, 3.8) is 0 Å². The molecular formula is C22H29N7. The van der Waals surface area contributed by atoms with Crippen LogP contribution in [0.4, 0.5) is 0 Å². The van der Waals surface area contributed by atoms with Gasteiger partial charge in [0.05, 0.1) is 17.2 Å². The van der Waals surface area contributed by atoms with E-state index in [1.807, 2.05) is 49.8 Å². The third kappa shape index (κ3) is 4.56. The van der Waals surface area contributed by atoms with Crippen molar-refractivity contribution < 1.29 is 0 Å². The van der Waals surface area contributed by atoms with E-state index in [2.05, 4.69) is 50.5 Å². The highest BCUT2D eigenvalue weighted by Gasteiger charge is 2.05. The zero-order valence-corrected chi connectivity index (χ0v) is 17.2. The van der Waals surface area contributed by atoms with Crippen LogP contribution in [0.3, 0.4) is 0 Å². The maximum atomic E-state index is 4.29. The molecule has 4 aromatic rings. The molecule has 0 fully saturated rings. The van der Waals surface area contributed by atoms with Gasteiger partial charge in [0, 0.05) is 19.5 Å². The third-order valence-corrected chi connectivity index (χ3v) is 4.58. The van der Waals surface area contributed by atoms with Crippen LogP contribution in [0.5, 0.6) is 0 Å². The molecule has 7 nitrogen and oxygen atoms in total. The molecule has 0 spiro atoms. The van der Waals surface area contributed by atoms with Crippen molar-refractivity contribution in [1.82, 2.24) is 24.8 Å². The first-order valence-corrected chi connectivity index (χ1v) is 9.08. The number of rotatable bonds is 0. The molecule has 2 aromatic carbocycles. The van der Waals surface area contributed by atoms with Gasteiger partial charge in [0.25, 0.3) is 0 Å². The number of aliphatic imine (C=N–C) groups is 2. The van der Waals surface area contributed by atoms with E-state index in [4.69, 9.17) is 0 Å². The van der Waals surface area contributed by atoms with Crippen LogP contribution in [0, 0.1) is 13.8 Å². The van der Waals surface area contributed by atoms with Gasteiger partial charge in [0.15, 0.2) is 0 Å². The average molecular weight is 392 g/mol. The number of aromatic nitrogens is 5. The van der Waals surface area contributed by atoms with Gasteiger partial charge in [0.1, 0.15) is 17.2 Å². The first-order chi connectivity index (χ1) is 13.4. The fourth-order valence-electron chi connectivity index (χ4n) is 2.87. The van der Waals surface area contributed by atoms with Gasteiger partial charge in [-0.25, -0.2) is 4.68 Å². The van der Waals surface area contributed by atoms with Crippen molar-refractivity contribution in [2.45, 2.75) is 35.1 Å². The molecule has 29 heavy (non-hydrogen) atoms. The molecule has 2 aromatic heterocycles. The summed E-state index contributed by atoms with van der Waals surface area (Å²) in [6, 6.07) is 12.4. The average Bonchev–Trinajstić information content (AvgIpc) is 3.30. The Labute approximate surface area is 171 Å². The largest absolute Gasteiger partial charge is 0.274 e. The summed E-state index contributed by atoms with van der Waals surface area (Å²) in [6.45, 7) is 7.98. The molecule has 0 aliphatic heterocycles. The van der Waals surface area contributed by atoms with Crippen molar-refractivity contribution in [3.05, 3.63) is 53.7 Å². The van der Waals surface area contributed by atoms with Crippen LogP contribution in [0.2, 0.25) is 0 Å². The van der Waals surface area contributed by atoms with E-state index in [-0.39, 0.29) is 7.43 Å². The number of fused-ring (bicyclic) bond motifs is 2. The zero-order valence-electron chi connectivity index (χ0n) is 17.2. The first-order valence-electron chi connectivity index (χ1n) is 9.08. The highest BCUT2D eigenvalue weighted by atomic mass is 15.4. The third-order valence-electron chi connectivity index (χ3n) is 4.58. The topological polar surface area (TPSA) is 73.2 Å². The predicted molar refractivity (Wildman–Crippen MR) is 122 cm³/mol. The lowest BCUT2D eigenvalue weighted by Crippen LogP contribution is -2.08. The Kier molecular flexibility index (Phi) is 6.98.